The minimum absolute atomic E-state index is 0.110. The van der Waals surface area contributed by atoms with Crippen molar-refractivity contribution in [1.82, 2.24) is 0 Å². The number of carbonyl (C=O) groups is 1. The molecule has 1 amide bonds. The first-order valence-electron chi connectivity index (χ1n) is 5.57. The number of benzene rings is 1. The summed E-state index contributed by atoms with van der Waals surface area (Å²) in [6.45, 7) is 5.15. The lowest BCUT2D eigenvalue weighted by atomic mass is 9.82. The summed E-state index contributed by atoms with van der Waals surface area (Å²) in [4.78, 5) is 12.2. The normalized spacial score (nSPS) is 23.6. The van der Waals surface area contributed by atoms with Crippen molar-refractivity contribution in [2.45, 2.75) is 33.0 Å². The molecule has 1 aliphatic rings. The number of hydrogen-bond acceptors (Lipinski definition) is 1. The molecule has 17 heavy (non-hydrogen) atoms. The molecule has 4 heteroatoms. The molecule has 2 rings (SSSR count). The van der Waals surface area contributed by atoms with Gasteiger partial charge in [0, 0.05) is 11.8 Å². The first kappa shape index (κ1) is 11.9. The summed E-state index contributed by atoms with van der Waals surface area (Å²) in [5.41, 5.74) is 0.425. The van der Waals surface area contributed by atoms with Crippen LogP contribution in [0.2, 0.25) is 0 Å². The molecule has 1 unspecified atom stereocenters. The maximum absolute atomic E-state index is 15.1. The van der Waals surface area contributed by atoms with Gasteiger partial charge in [-0.1, -0.05) is 39.0 Å². The zero-order chi connectivity index (χ0) is 12.8. The van der Waals surface area contributed by atoms with Gasteiger partial charge in [-0.2, -0.15) is 0 Å². The number of para-hydroxylation sites is 1. The number of fused-ring (bicyclic) bond motifs is 1. The van der Waals surface area contributed by atoms with E-state index in [1.807, 2.05) is 0 Å². The SMILES string of the molecule is CC(C)(C)C1(F)Cc2ccccc2N1C(=O)O. The average molecular weight is 237 g/mol. The monoisotopic (exact) mass is 237 g/mol. The van der Waals surface area contributed by atoms with Crippen molar-refractivity contribution in [2.24, 2.45) is 5.41 Å². The quantitative estimate of drug-likeness (QED) is 0.702. The Bertz CT molecular complexity index is 467. The van der Waals surface area contributed by atoms with Gasteiger partial charge in [0.1, 0.15) is 0 Å². The summed E-state index contributed by atoms with van der Waals surface area (Å²) in [7, 11) is 0. The first-order valence-corrected chi connectivity index (χ1v) is 5.57. The average Bonchev–Trinajstić information content (AvgIpc) is 2.49. The molecule has 1 aromatic carbocycles. The van der Waals surface area contributed by atoms with Gasteiger partial charge in [0.15, 0.2) is 0 Å². The molecule has 92 valence electrons. The maximum Gasteiger partial charge on any atom is 0.414 e. The summed E-state index contributed by atoms with van der Waals surface area (Å²) in [6.07, 6.45) is -1.13. The topological polar surface area (TPSA) is 40.5 Å². The van der Waals surface area contributed by atoms with E-state index in [9.17, 15) is 9.90 Å². The zero-order valence-corrected chi connectivity index (χ0v) is 10.2. The summed E-state index contributed by atoms with van der Waals surface area (Å²) < 4.78 is 15.1. The number of nitrogens with zero attached hydrogens (tertiary/aromatic N) is 1. The first-order chi connectivity index (χ1) is 7.77. The molecule has 1 atom stereocenters. The molecule has 0 saturated carbocycles. The fourth-order valence-electron chi connectivity index (χ4n) is 2.26. The van der Waals surface area contributed by atoms with E-state index >= 15 is 4.39 Å². The Balaban J connectivity index is 2.58. The third-order valence-corrected chi connectivity index (χ3v) is 3.35. The molecule has 1 aromatic rings. The van der Waals surface area contributed by atoms with Crippen LogP contribution in [0.3, 0.4) is 0 Å². The molecule has 0 radical (unpaired) electrons. The number of carboxylic acid groups (broad SMARTS) is 1. The molecule has 1 N–H and O–H groups in total. The third kappa shape index (κ3) is 1.59. The van der Waals surface area contributed by atoms with Gasteiger partial charge >= 0.3 is 6.09 Å². The number of rotatable bonds is 0. The van der Waals surface area contributed by atoms with Crippen molar-refractivity contribution in [3.8, 4) is 0 Å². The van der Waals surface area contributed by atoms with E-state index in [0.29, 0.717) is 5.69 Å². The van der Waals surface area contributed by atoms with E-state index in [0.717, 1.165) is 10.5 Å². The second-order valence-electron chi connectivity index (χ2n) is 5.43. The minimum Gasteiger partial charge on any atom is -0.465 e. The summed E-state index contributed by atoms with van der Waals surface area (Å²) in [5, 5.41) is 9.24. The van der Waals surface area contributed by atoms with Gasteiger partial charge in [-0.05, 0) is 11.6 Å². The molecule has 0 bridgehead atoms. The van der Waals surface area contributed by atoms with Crippen LogP contribution in [0.15, 0.2) is 24.3 Å². The molecule has 3 nitrogen and oxygen atoms in total. The summed E-state index contributed by atoms with van der Waals surface area (Å²) >= 11 is 0. The van der Waals surface area contributed by atoms with Gasteiger partial charge in [-0.25, -0.2) is 14.1 Å². The predicted octanol–water partition coefficient (Wildman–Crippen LogP) is 3.44. The van der Waals surface area contributed by atoms with Crippen LogP contribution < -0.4 is 4.90 Å². The highest BCUT2D eigenvalue weighted by Gasteiger charge is 2.55. The Labute approximate surface area is 99.9 Å². The predicted molar refractivity (Wildman–Crippen MR) is 63.9 cm³/mol. The Kier molecular flexibility index (Phi) is 2.42. The molecule has 0 aromatic heterocycles. The molecular weight excluding hydrogens is 221 g/mol. The smallest absolute Gasteiger partial charge is 0.414 e. The van der Waals surface area contributed by atoms with Gasteiger partial charge < -0.3 is 5.11 Å². The van der Waals surface area contributed by atoms with Crippen LogP contribution in [0, 0.1) is 5.41 Å². The summed E-state index contributed by atoms with van der Waals surface area (Å²) in [5.74, 6) is -1.89. The number of halogens is 1. The van der Waals surface area contributed by atoms with E-state index in [2.05, 4.69) is 0 Å². The second kappa shape index (κ2) is 3.45. The molecular formula is C13H16FNO2. The van der Waals surface area contributed by atoms with Crippen molar-refractivity contribution in [3.05, 3.63) is 29.8 Å². The highest BCUT2D eigenvalue weighted by atomic mass is 19.1. The van der Waals surface area contributed by atoms with Gasteiger partial charge in [0.25, 0.3) is 0 Å². The van der Waals surface area contributed by atoms with Crippen LogP contribution in [0.25, 0.3) is 0 Å². The lowest BCUT2D eigenvalue weighted by molar-refractivity contribution is 0.0353. The Morgan fingerprint density at radius 2 is 2.00 bits per heavy atom. The highest BCUT2D eigenvalue weighted by Crippen LogP contribution is 2.48. The minimum atomic E-state index is -1.89. The highest BCUT2D eigenvalue weighted by molar-refractivity contribution is 5.90. The third-order valence-electron chi connectivity index (χ3n) is 3.35. The molecule has 1 heterocycles. The Hall–Kier alpha value is -1.58. The molecule has 0 saturated heterocycles. The van der Waals surface area contributed by atoms with E-state index in [1.54, 1.807) is 45.0 Å². The van der Waals surface area contributed by atoms with Crippen molar-refractivity contribution >= 4 is 11.8 Å². The van der Waals surface area contributed by atoms with Crippen LogP contribution in [0.1, 0.15) is 26.3 Å². The molecule has 1 aliphatic heterocycles. The van der Waals surface area contributed by atoms with Gasteiger partial charge in [0.05, 0.1) is 5.69 Å². The lowest BCUT2D eigenvalue weighted by Crippen LogP contribution is -2.54. The number of hydrogen-bond donors (Lipinski definition) is 1. The Morgan fingerprint density at radius 3 is 2.53 bits per heavy atom. The van der Waals surface area contributed by atoms with Crippen LogP contribution in [0.4, 0.5) is 14.9 Å². The second-order valence-corrected chi connectivity index (χ2v) is 5.43. The fraction of sp³-hybridized carbons (Fsp3) is 0.462. The van der Waals surface area contributed by atoms with Gasteiger partial charge in [-0.3, -0.25) is 0 Å². The fourth-order valence-corrected chi connectivity index (χ4v) is 2.26. The number of amides is 1. The van der Waals surface area contributed by atoms with E-state index in [4.69, 9.17) is 0 Å². The summed E-state index contributed by atoms with van der Waals surface area (Å²) in [6, 6.07) is 6.95. The van der Waals surface area contributed by atoms with Gasteiger partial charge in [-0.15, -0.1) is 0 Å². The number of alkyl halides is 1. The van der Waals surface area contributed by atoms with Crippen molar-refractivity contribution in [2.75, 3.05) is 4.90 Å². The molecule has 0 aliphatic carbocycles. The van der Waals surface area contributed by atoms with Crippen molar-refractivity contribution in [3.63, 3.8) is 0 Å². The van der Waals surface area contributed by atoms with Crippen molar-refractivity contribution in [1.29, 1.82) is 0 Å². The van der Waals surface area contributed by atoms with E-state index in [-0.39, 0.29) is 6.42 Å². The largest absolute Gasteiger partial charge is 0.465 e. The van der Waals surface area contributed by atoms with Crippen LogP contribution in [0.5, 0.6) is 0 Å². The lowest BCUT2D eigenvalue weighted by Gasteiger charge is -2.39. The van der Waals surface area contributed by atoms with Gasteiger partial charge in [0.2, 0.25) is 5.79 Å². The maximum atomic E-state index is 15.1. The van der Waals surface area contributed by atoms with Crippen LogP contribution in [-0.4, -0.2) is 17.0 Å². The number of anilines is 1. The van der Waals surface area contributed by atoms with Crippen molar-refractivity contribution < 1.29 is 14.3 Å². The molecule has 0 fully saturated rings. The zero-order valence-electron chi connectivity index (χ0n) is 10.2. The van der Waals surface area contributed by atoms with Crippen LogP contribution in [-0.2, 0) is 6.42 Å². The van der Waals surface area contributed by atoms with E-state index in [1.165, 1.54) is 0 Å². The standard InChI is InChI=1S/C13H16FNO2/c1-12(2,3)13(14)8-9-6-4-5-7-10(9)15(13)11(16)17/h4-7H,8H2,1-3H3,(H,16,17). The Morgan fingerprint density at radius 1 is 1.41 bits per heavy atom. The van der Waals surface area contributed by atoms with E-state index < -0.39 is 17.3 Å². The van der Waals surface area contributed by atoms with Crippen LogP contribution >= 0.6 is 0 Å². The molecule has 0 spiro atoms.